The summed E-state index contributed by atoms with van der Waals surface area (Å²) in [6.07, 6.45) is 0. The summed E-state index contributed by atoms with van der Waals surface area (Å²) in [6, 6.07) is 2.21. The number of carboxylic acids is 1. The molecule has 1 rings (SSSR count). The van der Waals surface area contributed by atoms with Gasteiger partial charge in [0.15, 0.2) is 6.79 Å². The Bertz CT molecular complexity index is 381. The SMILES string of the molecule is COCOc1ccc(F)c(C(=O)O)c1Cl. The molecule has 0 saturated carbocycles. The normalized spacial score (nSPS) is 10.1. The predicted octanol–water partition coefficient (Wildman–Crippen LogP) is 2.16. The summed E-state index contributed by atoms with van der Waals surface area (Å²) in [5.41, 5.74) is -0.606. The summed E-state index contributed by atoms with van der Waals surface area (Å²) in [5.74, 6) is -2.28. The van der Waals surface area contributed by atoms with E-state index < -0.39 is 17.3 Å². The molecule has 0 bridgehead atoms. The maximum atomic E-state index is 13.1. The molecule has 0 fully saturated rings. The van der Waals surface area contributed by atoms with Crippen LogP contribution in [-0.4, -0.2) is 25.0 Å². The number of ether oxygens (including phenoxy) is 2. The zero-order valence-electron chi connectivity index (χ0n) is 7.79. The first kappa shape index (κ1) is 11.7. The van der Waals surface area contributed by atoms with Gasteiger partial charge >= 0.3 is 5.97 Å². The largest absolute Gasteiger partial charge is 0.478 e. The van der Waals surface area contributed by atoms with Gasteiger partial charge in [0.2, 0.25) is 0 Å². The number of hydrogen-bond donors (Lipinski definition) is 1. The summed E-state index contributed by atoms with van der Waals surface area (Å²) >= 11 is 5.64. The van der Waals surface area contributed by atoms with Gasteiger partial charge in [-0.05, 0) is 12.1 Å². The van der Waals surface area contributed by atoms with Crippen molar-refractivity contribution >= 4 is 17.6 Å². The standard InChI is InChI=1S/C9H8ClFO4/c1-14-4-15-6-3-2-5(11)7(8(6)10)9(12)13/h2-3H,4H2,1H3,(H,12,13). The molecule has 0 unspecified atom stereocenters. The minimum absolute atomic E-state index is 0.0670. The zero-order chi connectivity index (χ0) is 11.4. The molecule has 1 aromatic carbocycles. The van der Waals surface area contributed by atoms with Crippen molar-refractivity contribution in [3.63, 3.8) is 0 Å². The molecule has 82 valence electrons. The molecule has 0 aliphatic carbocycles. The Hall–Kier alpha value is -1.33. The molecule has 0 spiro atoms. The molecule has 0 saturated heterocycles. The van der Waals surface area contributed by atoms with Gasteiger partial charge in [-0.3, -0.25) is 0 Å². The average Bonchev–Trinajstić information content (AvgIpc) is 2.16. The first-order valence-corrected chi connectivity index (χ1v) is 4.28. The third kappa shape index (κ3) is 2.57. The van der Waals surface area contributed by atoms with Gasteiger partial charge in [-0.25, -0.2) is 9.18 Å². The molecule has 0 aliphatic rings. The molecule has 0 radical (unpaired) electrons. The Balaban J connectivity index is 3.11. The van der Waals surface area contributed by atoms with E-state index in [1.54, 1.807) is 0 Å². The van der Waals surface area contributed by atoms with Gasteiger partial charge in [-0.1, -0.05) is 11.6 Å². The van der Waals surface area contributed by atoms with Crippen LogP contribution in [0.15, 0.2) is 12.1 Å². The van der Waals surface area contributed by atoms with Crippen molar-refractivity contribution in [1.29, 1.82) is 0 Å². The zero-order valence-corrected chi connectivity index (χ0v) is 8.55. The van der Waals surface area contributed by atoms with E-state index in [0.717, 1.165) is 6.07 Å². The Morgan fingerprint density at radius 2 is 2.27 bits per heavy atom. The number of rotatable bonds is 4. The van der Waals surface area contributed by atoms with Crippen LogP contribution in [-0.2, 0) is 4.74 Å². The molecule has 0 atom stereocenters. The second-order valence-electron chi connectivity index (χ2n) is 2.59. The lowest BCUT2D eigenvalue weighted by Gasteiger charge is -2.08. The quantitative estimate of drug-likeness (QED) is 0.811. The van der Waals surface area contributed by atoms with Crippen LogP contribution < -0.4 is 4.74 Å². The number of carboxylic acid groups (broad SMARTS) is 1. The Morgan fingerprint density at radius 1 is 1.60 bits per heavy atom. The van der Waals surface area contributed by atoms with Gasteiger partial charge in [0.25, 0.3) is 0 Å². The second-order valence-corrected chi connectivity index (χ2v) is 2.97. The van der Waals surface area contributed by atoms with Crippen molar-refractivity contribution in [1.82, 2.24) is 0 Å². The van der Waals surface area contributed by atoms with E-state index in [1.165, 1.54) is 13.2 Å². The lowest BCUT2D eigenvalue weighted by atomic mass is 10.2. The molecule has 0 heterocycles. The molecule has 6 heteroatoms. The summed E-state index contributed by atoms with van der Waals surface area (Å²) < 4.78 is 22.6. The molecule has 15 heavy (non-hydrogen) atoms. The van der Waals surface area contributed by atoms with Crippen LogP contribution in [0.3, 0.4) is 0 Å². The van der Waals surface area contributed by atoms with Crippen LogP contribution in [0.1, 0.15) is 10.4 Å². The van der Waals surface area contributed by atoms with Crippen molar-refractivity contribution in [2.45, 2.75) is 0 Å². The number of aromatic carboxylic acids is 1. The fourth-order valence-corrected chi connectivity index (χ4v) is 1.25. The van der Waals surface area contributed by atoms with Crippen LogP contribution in [0.4, 0.5) is 4.39 Å². The van der Waals surface area contributed by atoms with Crippen LogP contribution in [0.25, 0.3) is 0 Å². The average molecular weight is 235 g/mol. The molecular weight excluding hydrogens is 227 g/mol. The Labute approximate surface area is 90.2 Å². The fraction of sp³-hybridized carbons (Fsp3) is 0.222. The van der Waals surface area contributed by atoms with Crippen molar-refractivity contribution in [2.24, 2.45) is 0 Å². The van der Waals surface area contributed by atoms with E-state index in [9.17, 15) is 9.18 Å². The number of carbonyl (C=O) groups is 1. The summed E-state index contributed by atoms with van der Waals surface area (Å²) in [7, 11) is 1.40. The molecule has 4 nitrogen and oxygen atoms in total. The first-order valence-electron chi connectivity index (χ1n) is 3.91. The molecule has 0 amide bonds. The van der Waals surface area contributed by atoms with E-state index >= 15 is 0 Å². The highest BCUT2D eigenvalue weighted by atomic mass is 35.5. The Kier molecular flexibility index (Phi) is 3.88. The number of methoxy groups -OCH3 is 1. The van der Waals surface area contributed by atoms with E-state index in [2.05, 4.69) is 4.74 Å². The Morgan fingerprint density at radius 3 is 2.80 bits per heavy atom. The first-order chi connectivity index (χ1) is 7.07. The highest BCUT2D eigenvalue weighted by Gasteiger charge is 2.18. The molecule has 1 aromatic rings. The van der Waals surface area contributed by atoms with Crippen molar-refractivity contribution in [3.05, 3.63) is 28.5 Å². The lowest BCUT2D eigenvalue weighted by Crippen LogP contribution is -2.05. The predicted molar refractivity (Wildman–Crippen MR) is 50.9 cm³/mol. The van der Waals surface area contributed by atoms with Gasteiger partial charge in [0.1, 0.15) is 22.2 Å². The van der Waals surface area contributed by atoms with Crippen molar-refractivity contribution in [2.75, 3.05) is 13.9 Å². The summed E-state index contributed by atoms with van der Waals surface area (Å²) in [6.45, 7) is -0.0928. The van der Waals surface area contributed by atoms with Gasteiger partial charge in [-0.15, -0.1) is 0 Å². The maximum absolute atomic E-state index is 13.1. The summed E-state index contributed by atoms with van der Waals surface area (Å²) in [4.78, 5) is 10.7. The van der Waals surface area contributed by atoms with Crippen molar-refractivity contribution in [3.8, 4) is 5.75 Å². The molecular formula is C9H8ClFO4. The monoisotopic (exact) mass is 234 g/mol. The molecule has 0 aliphatic heterocycles. The highest BCUT2D eigenvalue weighted by molar-refractivity contribution is 6.35. The van der Waals surface area contributed by atoms with Gasteiger partial charge in [0, 0.05) is 7.11 Å². The van der Waals surface area contributed by atoms with E-state index in [1.807, 2.05) is 0 Å². The summed E-state index contributed by atoms with van der Waals surface area (Å²) in [5, 5.41) is 8.41. The van der Waals surface area contributed by atoms with Crippen molar-refractivity contribution < 1.29 is 23.8 Å². The van der Waals surface area contributed by atoms with E-state index in [4.69, 9.17) is 21.4 Å². The number of hydrogen-bond acceptors (Lipinski definition) is 3. The number of halogens is 2. The van der Waals surface area contributed by atoms with Crippen LogP contribution in [0, 0.1) is 5.82 Å². The minimum Gasteiger partial charge on any atom is -0.478 e. The third-order valence-electron chi connectivity index (χ3n) is 1.60. The van der Waals surface area contributed by atoms with Crippen LogP contribution in [0.5, 0.6) is 5.75 Å². The third-order valence-corrected chi connectivity index (χ3v) is 1.98. The second kappa shape index (κ2) is 4.95. The van der Waals surface area contributed by atoms with Crippen LogP contribution in [0.2, 0.25) is 5.02 Å². The topological polar surface area (TPSA) is 55.8 Å². The van der Waals surface area contributed by atoms with Gasteiger partial charge in [-0.2, -0.15) is 0 Å². The smallest absolute Gasteiger partial charge is 0.340 e. The highest BCUT2D eigenvalue weighted by Crippen LogP contribution is 2.30. The number of benzene rings is 1. The van der Waals surface area contributed by atoms with E-state index in [-0.39, 0.29) is 17.6 Å². The molecule has 1 N–H and O–H groups in total. The fourth-order valence-electron chi connectivity index (χ4n) is 0.963. The van der Waals surface area contributed by atoms with E-state index in [0.29, 0.717) is 0 Å². The minimum atomic E-state index is -1.44. The lowest BCUT2D eigenvalue weighted by molar-refractivity contribution is 0.0507. The van der Waals surface area contributed by atoms with Gasteiger partial charge in [0.05, 0.1) is 0 Å². The van der Waals surface area contributed by atoms with Crippen LogP contribution >= 0.6 is 11.6 Å². The maximum Gasteiger partial charge on any atom is 0.340 e. The van der Waals surface area contributed by atoms with Gasteiger partial charge < -0.3 is 14.6 Å². The molecule has 0 aromatic heterocycles.